The average Bonchev–Trinajstić information content (AvgIpc) is 2.47. The minimum atomic E-state index is 0.472. The van der Waals surface area contributed by atoms with Crippen molar-refractivity contribution in [2.45, 2.75) is 19.8 Å². The molecule has 0 aliphatic carbocycles. The molecule has 0 fully saturated rings. The second-order valence-corrected chi connectivity index (χ2v) is 3.57. The molecule has 0 atom stereocenters. The van der Waals surface area contributed by atoms with Gasteiger partial charge in [0, 0.05) is 18.1 Å². The van der Waals surface area contributed by atoms with Crippen LogP contribution in [-0.2, 0) is 7.05 Å². The van der Waals surface area contributed by atoms with Crippen molar-refractivity contribution in [1.82, 2.24) is 14.8 Å². The van der Waals surface area contributed by atoms with Crippen molar-refractivity contribution in [3.63, 3.8) is 0 Å². The average molecular weight is 175 g/mol. The summed E-state index contributed by atoms with van der Waals surface area (Å²) in [6.45, 7) is 4.29. The first-order valence-corrected chi connectivity index (χ1v) is 4.47. The van der Waals surface area contributed by atoms with Gasteiger partial charge in [-0.1, -0.05) is 13.8 Å². The SMILES string of the molecule is CC(C)c1ccc2cnn(C)c2n1. The lowest BCUT2D eigenvalue weighted by atomic mass is 10.1. The largest absolute Gasteiger partial charge is 0.250 e. The van der Waals surface area contributed by atoms with Crippen molar-refractivity contribution in [1.29, 1.82) is 0 Å². The molecule has 0 aliphatic rings. The summed E-state index contributed by atoms with van der Waals surface area (Å²) < 4.78 is 1.81. The highest BCUT2D eigenvalue weighted by Crippen LogP contribution is 2.16. The summed E-state index contributed by atoms with van der Waals surface area (Å²) in [6.07, 6.45) is 1.84. The second-order valence-electron chi connectivity index (χ2n) is 3.57. The first-order chi connectivity index (χ1) is 6.18. The third kappa shape index (κ3) is 1.30. The van der Waals surface area contributed by atoms with Crippen LogP contribution in [-0.4, -0.2) is 14.8 Å². The number of aromatic nitrogens is 3. The van der Waals surface area contributed by atoms with Gasteiger partial charge in [-0.05, 0) is 18.1 Å². The maximum atomic E-state index is 4.53. The van der Waals surface area contributed by atoms with Crippen LogP contribution in [0.25, 0.3) is 11.0 Å². The van der Waals surface area contributed by atoms with Gasteiger partial charge in [0.05, 0.1) is 6.20 Å². The van der Waals surface area contributed by atoms with Gasteiger partial charge in [0.25, 0.3) is 0 Å². The van der Waals surface area contributed by atoms with Gasteiger partial charge >= 0.3 is 0 Å². The van der Waals surface area contributed by atoms with Gasteiger partial charge in [0.1, 0.15) is 0 Å². The monoisotopic (exact) mass is 175 g/mol. The van der Waals surface area contributed by atoms with Crippen LogP contribution in [0.15, 0.2) is 18.3 Å². The van der Waals surface area contributed by atoms with Gasteiger partial charge in [-0.3, -0.25) is 4.68 Å². The molecule has 2 aromatic rings. The van der Waals surface area contributed by atoms with E-state index in [1.54, 1.807) is 4.68 Å². The van der Waals surface area contributed by atoms with E-state index in [2.05, 4.69) is 36.1 Å². The number of hydrogen-bond acceptors (Lipinski definition) is 2. The van der Waals surface area contributed by atoms with E-state index in [1.165, 1.54) is 0 Å². The van der Waals surface area contributed by atoms with Crippen LogP contribution in [0.1, 0.15) is 25.5 Å². The van der Waals surface area contributed by atoms with Crippen molar-refractivity contribution in [2.24, 2.45) is 7.05 Å². The van der Waals surface area contributed by atoms with E-state index in [9.17, 15) is 0 Å². The van der Waals surface area contributed by atoms with Crippen LogP contribution >= 0.6 is 0 Å². The molecule has 0 N–H and O–H groups in total. The summed E-state index contributed by atoms with van der Waals surface area (Å²) in [5, 5.41) is 5.25. The fourth-order valence-electron chi connectivity index (χ4n) is 1.36. The maximum absolute atomic E-state index is 4.53. The summed E-state index contributed by atoms with van der Waals surface area (Å²) in [5.74, 6) is 0.472. The highest BCUT2D eigenvalue weighted by molar-refractivity contribution is 5.74. The van der Waals surface area contributed by atoms with Crippen molar-refractivity contribution < 1.29 is 0 Å². The third-order valence-corrected chi connectivity index (χ3v) is 2.19. The predicted octanol–water partition coefficient (Wildman–Crippen LogP) is 2.09. The lowest BCUT2D eigenvalue weighted by Crippen LogP contribution is -1.96. The molecule has 0 unspecified atom stereocenters. The standard InChI is InChI=1S/C10H13N3/c1-7(2)9-5-4-8-6-11-13(3)10(8)12-9/h4-7H,1-3H3. The predicted molar refractivity (Wildman–Crippen MR) is 52.6 cm³/mol. The van der Waals surface area contributed by atoms with Crippen LogP contribution < -0.4 is 0 Å². The fraction of sp³-hybridized carbons (Fsp3) is 0.400. The number of rotatable bonds is 1. The molecular weight excluding hydrogens is 162 g/mol. The Morgan fingerprint density at radius 3 is 2.77 bits per heavy atom. The van der Waals surface area contributed by atoms with E-state index in [0.717, 1.165) is 16.7 Å². The molecule has 0 aliphatic heterocycles. The first-order valence-electron chi connectivity index (χ1n) is 4.47. The van der Waals surface area contributed by atoms with Crippen LogP contribution in [0, 0.1) is 0 Å². The molecule has 2 heterocycles. The molecule has 68 valence electrons. The zero-order chi connectivity index (χ0) is 9.42. The molecule has 0 amide bonds. The highest BCUT2D eigenvalue weighted by atomic mass is 15.3. The summed E-state index contributed by atoms with van der Waals surface area (Å²) in [4.78, 5) is 4.53. The summed E-state index contributed by atoms with van der Waals surface area (Å²) >= 11 is 0. The number of aryl methyl sites for hydroxylation is 1. The van der Waals surface area contributed by atoms with E-state index in [1.807, 2.05) is 13.2 Å². The molecule has 2 rings (SSSR count). The Morgan fingerprint density at radius 2 is 2.08 bits per heavy atom. The van der Waals surface area contributed by atoms with E-state index in [-0.39, 0.29) is 0 Å². The Hall–Kier alpha value is -1.38. The molecule has 0 radical (unpaired) electrons. The van der Waals surface area contributed by atoms with Crippen molar-refractivity contribution in [2.75, 3.05) is 0 Å². The fourth-order valence-corrected chi connectivity index (χ4v) is 1.36. The molecule has 0 spiro atoms. The van der Waals surface area contributed by atoms with Crippen LogP contribution in [0.3, 0.4) is 0 Å². The Labute approximate surface area is 77.4 Å². The molecule has 0 bridgehead atoms. The zero-order valence-corrected chi connectivity index (χ0v) is 8.15. The minimum absolute atomic E-state index is 0.472. The first kappa shape index (κ1) is 8.23. The molecule has 3 nitrogen and oxygen atoms in total. The van der Waals surface area contributed by atoms with Crippen molar-refractivity contribution in [3.8, 4) is 0 Å². The van der Waals surface area contributed by atoms with Gasteiger partial charge in [0.15, 0.2) is 5.65 Å². The summed E-state index contributed by atoms with van der Waals surface area (Å²) in [6, 6.07) is 4.14. The molecule has 0 saturated carbocycles. The minimum Gasteiger partial charge on any atom is -0.250 e. The van der Waals surface area contributed by atoms with Crippen LogP contribution in [0.4, 0.5) is 0 Å². The van der Waals surface area contributed by atoms with E-state index in [0.29, 0.717) is 5.92 Å². The molecule has 0 aromatic carbocycles. The third-order valence-electron chi connectivity index (χ3n) is 2.19. The Kier molecular flexibility index (Phi) is 1.79. The van der Waals surface area contributed by atoms with E-state index >= 15 is 0 Å². The number of nitrogens with zero attached hydrogens (tertiary/aromatic N) is 3. The van der Waals surface area contributed by atoms with Crippen LogP contribution in [0.2, 0.25) is 0 Å². The second kappa shape index (κ2) is 2.83. The summed E-state index contributed by atoms with van der Waals surface area (Å²) in [5.41, 5.74) is 2.09. The van der Waals surface area contributed by atoms with Gasteiger partial charge in [-0.2, -0.15) is 5.10 Å². The zero-order valence-electron chi connectivity index (χ0n) is 8.15. The smallest absolute Gasteiger partial charge is 0.157 e. The highest BCUT2D eigenvalue weighted by Gasteiger charge is 2.04. The maximum Gasteiger partial charge on any atom is 0.157 e. The number of hydrogen-bond donors (Lipinski definition) is 0. The van der Waals surface area contributed by atoms with E-state index < -0.39 is 0 Å². The summed E-state index contributed by atoms with van der Waals surface area (Å²) in [7, 11) is 1.92. The molecule has 2 aromatic heterocycles. The Balaban J connectivity index is 2.66. The molecule has 13 heavy (non-hydrogen) atoms. The normalized spacial score (nSPS) is 11.4. The van der Waals surface area contributed by atoms with Crippen molar-refractivity contribution >= 4 is 11.0 Å². The lowest BCUT2D eigenvalue weighted by molar-refractivity contribution is 0.771. The number of pyridine rings is 1. The van der Waals surface area contributed by atoms with Gasteiger partial charge in [-0.15, -0.1) is 0 Å². The van der Waals surface area contributed by atoms with Gasteiger partial charge in [0.2, 0.25) is 0 Å². The Bertz CT molecular complexity index is 429. The molecule has 3 heteroatoms. The molecule has 0 saturated heterocycles. The quantitative estimate of drug-likeness (QED) is 0.664. The lowest BCUT2D eigenvalue weighted by Gasteiger charge is -2.03. The Morgan fingerprint density at radius 1 is 1.31 bits per heavy atom. The van der Waals surface area contributed by atoms with E-state index in [4.69, 9.17) is 0 Å². The molecular formula is C10H13N3. The van der Waals surface area contributed by atoms with Crippen molar-refractivity contribution in [3.05, 3.63) is 24.0 Å². The van der Waals surface area contributed by atoms with Gasteiger partial charge < -0.3 is 0 Å². The topological polar surface area (TPSA) is 30.7 Å². The number of fused-ring (bicyclic) bond motifs is 1. The van der Waals surface area contributed by atoms with Gasteiger partial charge in [-0.25, -0.2) is 4.98 Å². The van der Waals surface area contributed by atoms with Crippen LogP contribution in [0.5, 0.6) is 0 Å².